The van der Waals surface area contributed by atoms with Gasteiger partial charge in [0.25, 0.3) is 0 Å². The number of hydrogen-bond acceptors (Lipinski definition) is 6. The number of tetrazole rings is 1. The lowest BCUT2D eigenvalue weighted by atomic mass is 10.2. The van der Waals surface area contributed by atoms with E-state index in [0.717, 1.165) is 5.00 Å². The third-order valence-corrected chi connectivity index (χ3v) is 3.75. The van der Waals surface area contributed by atoms with Crippen LogP contribution in [0.3, 0.4) is 0 Å². The topological polar surface area (TPSA) is 85.7 Å². The molecule has 22 heavy (non-hydrogen) atoms. The summed E-state index contributed by atoms with van der Waals surface area (Å²) in [6, 6.07) is 12.5. The van der Waals surface area contributed by atoms with Crippen molar-refractivity contribution in [3.05, 3.63) is 57.8 Å². The highest BCUT2D eigenvalue weighted by Crippen LogP contribution is 2.12. The Morgan fingerprint density at radius 2 is 2.05 bits per heavy atom. The van der Waals surface area contributed by atoms with Gasteiger partial charge in [0.2, 0.25) is 0 Å². The van der Waals surface area contributed by atoms with Crippen LogP contribution in [0.2, 0.25) is 0 Å². The van der Waals surface area contributed by atoms with Crippen molar-refractivity contribution in [2.45, 2.75) is 6.54 Å². The molecule has 0 spiro atoms. The van der Waals surface area contributed by atoms with Crippen LogP contribution in [0, 0.1) is 11.3 Å². The standard InChI is InChI=1S/C14H11N5O2S/c15-10-11-3-5-12(6-4-11)21-8-7-18-14(20)19(17-16-18)13-2-1-9-22-13/h1-6,9H,7-8H2. The van der Waals surface area contributed by atoms with Crippen molar-refractivity contribution >= 4 is 11.3 Å². The second-order valence-corrected chi connectivity index (χ2v) is 5.26. The van der Waals surface area contributed by atoms with Gasteiger partial charge in [0.1, 0.15) is 17.4 Å². The summed E-state index contributed by atoms with van der Waals surface area (Å²) in [6.45, 7) is 0.582. The Morgan fingerprint density at radius 1 is 1.23 bits per heavy atom. The van der Waals surface area contributed by atoms with Gasteiger partial charge in [-0.2, -0.15) is 14.6 Å². The summed E-state index contributed by atoms with van der Waals surface area (Å²) in [5.41, 5.74) is 0.272. The Bertz CT molecular complexity index is 843. The molecule has 0 saturated carbocycles. The SMILES string of the molecule is N#Cc1ccc(OCCn2nnn(-c3cccs3)c2=O)cc1. The lowest BCUT2D eigenvalue weighted by Gasteiger charge is -2.04. The molecule has 2 heterocycles. The number of rotatable bonds is 5. The summed E-state index contributed by atoms with van der Waals surface area (Å²) >= 11 is 1.42. The molecular formula is C14H11N5O2S. The van der Waals surface area contributed by atoms with E-state index in [0.29, 0.717) is 17.9 Å². The average Bonchev–Trinajstić information content (AvgIpc) is 3.18. The number of nitrogens with zero attached hydrogens (tertiary/aromatic N) is 5. The highest BCUT2D eigenvalue weighted by atomic mass is 32.1. The van der Waals surface area contributed by atoms with Gasteiger partial charge in [-0.1, -0.05) is 0 Å². The molecule has 0 aliphatic heterocycles. The highest BCUT2D eigenvalue weighted by molar-refractivity contribution is 7.12. The molecule has 7 nitrogen and oxygen atoms in total. The third-order valence-electron chi connectivity index (χ3n) is 2.91. The summed E-state index contributed by atoms with van der Waals surface area (Å²) in [5, 5.41) is 19.0. The van der Waals surface area contributed by atoms with Gasteiger partial charge in [0.05, 0.1) is 18.2 Å². The fourth-order valence-corrected chi connectivity index (χ4v) is 2.49. The van der Waals surface area contributed by atoms with Crippen molar-refractivity contribution in [3.8, 4) is 16.8 Å². The molecule has 2 aromatic heterocycles. The third kappa shape index (κ3) is 2.89. The minimum Gasteiger partial charge on any atom is -0.492 e. The van der Waals surface area contributed by atoms with Crippen molar-refractivity contribution in [2.75, 3.05) is 6.61 Å². The molecule has 3 rings (SSSR count). The maximum Gasteiger partial charge on any atom is 0.369 e. The second kappa shape index (κ2) is 6.24. The number of hydrogen-bond donors (Lipinski definition) is 0. The van der Waals surface area contributed by atoms with Crippen molar-refractivity contribution in [1.82, 2.24) is 19.8 Å². The summed E-state index contributed by atoms with van der Waals surface area (Å²) in [4.78, 5) is 12.1. The monoisotopic (exact) mass is 313 g/mol. The van der Waals surface area contributed by atoms with E-state index in [2.05, 4.69) is 10.4 Å². The smallest absolute Gasteiger partial charge is 0.369 e. The van der Waals surface area contributed by atoms with Crippen LogP contribution >= 0.6 is 11.3 Å². The van der Waals surface area contributed by atoms with E-state index in [-0.39, 0.29) is 12.3 Å². The maximum atomic E-state index is 12.1. The fourth-order valence-electron chi connectivity index (χ4n) is 1.82. The van der Waals surface area contributed by atoms with Gasteiger partial charge < -0.3 is 4.74 Å². The van der Waals surface area contributed by atoms with Crippen LogP contribution < -0.4 is 10.4 Å². The normalized spacial score (nSPS) is 10.3. The first kappa shape index (κ1) is 14.0. The molecule has 0 unspecified atom stereocenters. The van der Waals surface area contributed by atoms with Crippen molar-refractivity contribution in [2.24, 2.45) is 0 Å². The first-order valence-corrected chi connectivity index (χ1v) is 7.35. The van der Waals surface area contributed by atoms with Crippen molar-refractivity contribution in [3.63, 3.8) is 0 Å². The molecule has 0 bridgehead atoms. The molecule has 0 fully saturated rings. The molecule has 8 heteroatoms. The average molecular weight is 313 g/mol. The number of benzene rings is 1. The first-order chi connectivity index (χ1) is 10.8. The molecule has 1 aromatic carbocycles. The van der Waals surface area contributed by atoms with Gasteiger partial charge in [-0.15, -0.1) is 11.3 Å². The first-order valence-electron chi connectivity index (χ1n) is 6.47. The van der Waals surface area contributed by atoms with Gasteiger partial charge >= 0.3 is 5.69 Å². The predicted molar refractivity (Wildman–Crippen MR) is 80.1 cm³/mol. The van der Waals surface area contributed by atoms with E-state index in [1.807, 2.05) is 17.5 Å². The fraction of sp³-hybridized carbons (Fsp3) is 0.143. The minimum absolute atomic E-state index is 0.287. The lowest BCUT2D eigenvalue weighted by molar-refractivity contribution is 0.287. The van der Waals surface area contributed by atoms with E-state index in [1.165, 1.54) is 20.7 Å². The Balaban J connectivity index is 1.62. The lowest BCUT2D eigenvalue weighted by Crippen LogP contribution is -2.26. The van der Waals surface area contributed by atoms with Gasteiger partial charge in [0, 0.05) is 0 Å². The zero-order valence-electron chi connectivity index (χ0n) is 11.4. The molecular weight excluding hydrogens is 302 g/mol. The molecule has 0 saturated heterocycles. The second-order valence-electron chi connectivity index (χ2n) is 4.33. The zero-order chi connectivity index (χ0) is 15.4. The quantitative estimate of drug-likeness (QED) is 0.711. The maximum absolute atomic E-state index is 12.1. The van der Waals surface area contributed by atoms with Crippen LogP contribution in [0.25, 0.3) is 5.00 Å². The van der Waals surface area contributed by atoms with Gasteiger partial charge in [-0.05, 0) is 52.2 Å². The molecule has 0 N–H and O–H groups in total. The van der Waals surface area contributed by atoms with E-state index in [4.69, 9.17) is 10.00 Å². The van der Waals surface area contributed by atoms with E-state index in [9.17, 15) is 4.79 Å². The zero-order valence-corrected chi connectivity index (χ0v) is 12.2. The summed E-state index contributed by atoms with van der Waals surface area (Å²) in [7, 11) is 0. The number of aromatic nitrogens is 4. The van der Waals surface area contributed by atoms with E-state index < -0.39 is 0 Å². The Hall–Kier alpha value is -2.92. The Kier molecular flexibility index (Phi) is 3.98. The van der Waals surface area contributed by atoms with Crippen molar-refractivity contribution in [1.29, 1.82) is 5.26 Å². The van der Waals surface area contributed by atoms with Crippen LogP contribution in [0.15, 0.2) is 46.6 Å². The summed E-state index contributed by atoms with van der Waals surface area (Å²) < 4.78 is 8.03. The molecule has 0 aliphatic rings. The largest absolute Gasteiger partial charge is 0.492 e. The van der Waals surface area contributed by atoms with Crippen LogP contribution in [-0.2, 0) is 6.54 Å². The molecule has 0 aliphatic carbocycles. The number of ether oxygens (including phenoxy) is 1. The van der Waals surface area contributed by atoms with Crippen LogP contribution in [0.1, 0.15) is 5.56 Å². The number of thiophene rings is 1. The van der Waals surface area contributed by atoms with Gasteiger partial charge in [-0.3, -0.25) is 0 Å². The number of nitriles is 1. The van der Waals surface area contributed by atoms with E-state index in [1.54, 1.807) is 30.3 Å². The Morgan fingerprint density at radius 3 is 2.73 bits per heavy atom. The molecule has 0 amide bonds. The molecule has 0 atom stereocenters. The van der Waals surface area contributed by atoms with Gasteiger partial charge in [0.15, 0.2) is 0 Å². The van der Waals surface area contributed by atoms with Gasteiger partial charge in [-0.25, -0.2) is 4.79 Å². The van der Waals surface area contributed by atoms with Crippen molar-refractivity contribution < 1.29 is 4.74 Å². The predicted octanol–water partition coefficient (Wildman–Crippen LogP) is 1.44. The Labute approximate surface area is 129 Å². The minimum atomic E-state index is -0.300. The molecule has 110 valence electrons. The summed E-state index contributed by atoms with van der Waals surface area (Å²) in [5.74, 6) is 0.637. The molecule has 0 radical (unpaired) electrons. The van der Waals surface area contributed by atoms with E-state index >= 15 is 0 Å². The molecule has 3 aromatic rings. The highest BCUT2D eigenvalue weighted by Gasteiger charge is 2.09. The van der Waals surface area contributed by atoms with Crippen LogP contribution in [0.4, 0.5) is 0 Å². The summed E-state index contributed by atoms with van der Waals surface area (Å²) in [6.07, 6.45) is 0. The van der Waals surface area contributed by atoms with Crippen LogP contribution in [0.5, 0.6) is 5.75 Å². The van der Waals surface area contributed by atoms with Crippen LogP contribution in [-0.4, -0.2) is 26.4 Å².